The van der Waals surface area contributed by atoms with Crippen LogP contribution in [0, 0.1) is 11.8 Å². The number of benzene rings is 2. The molecule has 3 heterocycles. The molecule has 2 bridgehead atoms. The van der Waals surface area contributed by atoms with Gasteiger partial charge in [-0.15, -0.1) is 0 Å². The van der Waals surface area contributed by atoms with E-state index in [1.807, 2.05) is 18.2 Å². The van der Waals surface area contributed by atoms with Crippen molar-refractivity contribution in [1.29, 1.82) is 0 Å². The van der Waals surface area contributed by atoms with Crippen LogP contribution >= 0.6 is 27.5 Å². The normalized spacial score (nSPS) is 31.8. The van der Waals surface area contributed by atoms with E-state index in [4.69, 9.17) is 16.3 Å². The molecule has 3 fully saturated rings. The van der Waals surface area contributed by atoms with Gasteiger partial charge in [-0.2, -0.15) is 0 Å². The van der Waals surface area contributed by atoms with Crippen molar-refractivity contribution in [3.8, 4) is 0 Å². The minimum absolute atomic E-state index is 0.215. The van der Waals surface area contributed by atoms with Gasteiger partial charge in [-0.05, 0) is 49.7 Å². The van der Waals surface area contributed by atoms with Crippen LogP contribution in [0.5, 0.6) is 0 Å². The van der Waals surface area contributed by atoms with Crippen molar-refractivity contribution >= 4 is 56.6 Å². The topological polar surface area (TPSA) is 108 Å². The van der Waals surface area contributed by atoms with Crippen LogP contribution < -0.4 is 10.6 Å². The zero-order valence-electron chi connectivity index (χ0n) is 18.9. The second-order valence-electron chi connectivity index (χ2n) is 9.29. The van der Waals surface area contributed by atoms with Crippen molar-refractivity contribution in [3.05, 3.63) is 59.6 Å². The van der Waals surface area contributed by atoms with Crippen LogP contribution in [0.25, 0.3) is 0 Å². The monoisotopic (exact) mass is 561 g/mol. The number of likely N-dealkylation sites (tertiary alicyclic amines) is 1. The maximum atomic E-state index is 13.8. The summed E-state index contributed by atoms with van der Waals surface area (Å²) in [4.78, 5) is 42.1. The molecule has 2 aromatic carbocycles. The van der Waals surface area contributed by atoms with Crippen LogP contribution in [0.1, 0.15) is 13.3 Å². The van der Waals surface area contributed by atoms with Gasteiger partial charge in [0, 0.05) is 21.2 Å². The second kappa shape index (κ2) is 9.20. The number of rotatable bonds is 6. The number of carbonyl (C=O) groups is 3. The van der Waals surface area contributed by atoms with Gasteiger partial charge < -0.3 is 25.4 Å². The summed E-state index contributed by atoms with van der Waals surface area (Å²) < 4.78 is 6.42. The molecule has 7 atom stereocenters. The maximum Gasteiger partial charge on any atom is 0.250 e. The second-order valence-corrected chi connectivity index (χ2v) is 10.9. The fourth-order valence-electron chi connectivity index (χ4n) is 5.72. The molecular formula is C25H25BrClN3O5. The van der Waals surface area contributed by atoms with E-state index in [0.29, 0.717) is 22.8 Å². The van der Waals surface area contributed by atoms with E-state index in [-0.39, 0.29) is 23.2 Å². The van der Waals surface area contributed by atoms with Crippen molar-refractivity contribution in [1.82, 2.24) is 4.90 Å². The highest BCUT2D eigenvalue weighted by Gasteiger charge is 2.76. The quantitative estimate of drug-likeness (QED) is 0.469. The van der Waals surface area contributed by atoms with Crippen LogP contribution in [-0.4, -0.2) is 63.0 Å². The van der Waals surface area contributed by atoms with Crippen LogP contribution in [0.2, 0.25) is 5.02 Å². The lowest BCUT2D eigenvalue weighted by atomic mass is 9.70. The third kappa shape index (κ3) is 3.94. The molecule has 3 aliphatic rings. The molecule has 10 heteroatoms. The van der Waals surface area contributed by atoms with E-state index in [9.17, 15) is 19.5 Å². The summed E-state index contributed by atoms with van der Waals surface area (Å²) in [6, 6.07) is 14.0. The summed E-state index contributed by atoms with van der Waals surface area (Å²) in [6.45, 7) is 1.34. The van der Waals surface area contributed by atoms with E-state index in [2.05, 4.69) is 26.6 Å². The number of hydrogen-bond acceptors (Lipinski definition) is 5. The summed E-state index contributed by atoms with van der Waals surface area (Å²) in [5.74, 6) is -2.77. The van der Waals surface area contributed by atoms with Gasteiger partial charge in [-0.3, -0.25) is 14.4 Å². The molecule has 3 aliphatic heterocycles. The first-order chi connectivity index (χ1) is 16.8. The van der Waals surface area contributed by atoms with E-state index in [1.165, 1.54) is 4.90 Å². The van der Waals surface area contributed by atoms with E-state index in [1.54, 1.807) is 43.3 Å². The number of aliphatic hydroxyl groups is 1. The average Bonchev–Trinajstić information content (AvgIpc) is 3.44. The Morgan fingerprint density at radius 1 is 1.14 bits per heavy atom. The maximum absolute atomic E-state index is 13.8. The fraction of sp³-hybridized carbons (Fsp3) is 0.400. The summed E-state index contributed by atoms with van der Waals surface area (Å²) in [5.41, 5.74) is -0.0673. The molecule has 184 valence electrons. The number of alkyl halides is 1. The standard InChI is InChI=1S/C25H25BrClN3O5/c1-13(12-31)30-21(23(33)29-16-9-7-14(27)8-10-16)25-11-17(26)20(35-25)18(19(25)24(30)34)22(32)28-15-5-3-2-4-6-15/h2-10,13,17-21,31H,11-12H2,1H3,(H,28,32)(H,29,33)/t13-,17?,18-,19+,20-,21?,25?/m1/s1. The smallest absolute Gasteiger partial charge is 0.250 e. The molecule has 1 spiro atoms. The Hall–Kier alpha value is -2.46. The van der Waals surface area contributed by atoms with Crippen molar-refractivity contribution < 1.29 is 24.2 Å². The highest BCUT2D eigenvalue weighted by Crippen LogP contribution is 2.60. The Bertz CT molecular complexity index is 1150. The molecule has 3 N–H and O–H groups in total. The lowest BCUT2D eigenvalue weighted by Gasteiger charge is -2.35. The minimum atomic E-state index is -1.20. The fourth-order valence-corrected chi connectivity index (χ4v) is 6.79. The summed E-state index contributed by atoms with van der Waals surface area (Å²) in [6.07, 6.45) is -0.179. The Morgan fingerprint density at radius 2 is 1.77 bits per heavy atom. The average molecular weight is 563 g/mol. The molecule has 0 radical (unpaired) electrons. The molecule has 3 unspecified atom stereocenters. The number of aliphatic hydroxyl groups excluding tert-OH is 1. The van der Waals surface area contributed by atoms with Gasteiger partial charge in [-0.25, -0.2) is 0 Å². The number of carbonyl (C=O) groups excluding carboxylic acids is 3. The number of nitrogens with zero attached hydrogens (tertiary/aromatic N) is 1. The van der Waals surface area contributed by atoms with Gasteiger partial charge in [0.25, 0.3) is 0 Å². The van der Waals surface area contributed by atoms with Crippen LogP contribution in [0.3, 0.4) is 0 Å². The molecule has 3 amide bonds. The zero-order chi connectivity index (χ0) is 24.9. The van der Waals surface area contributed by atoms with Crippen LogP contribution in [-0.2, 0) is 19.1 Å². The predicted octanol–water partition coefficient (Wildman–Crippen LogP) is 3.05. The van der Waals surface area contributed by atoms with Crippen molar-refractivity contribution in [2.45, 2.75) is 42.0 Å². The minimum Gasteiger partial charge on any atom is -0.394 e. The van der Waals surface area contributed by atoms with Gasteiger partial charge in [0.1, 0.15) is 11.6 Å². The van der Waals surface area contributed by atoms with Gasteiger partial charge >= 0.3 is 0 Å². The number of nitrogens with one attached hydrogen (secondary N) is 2. The Labute approximate surface area is 216 Å². The number of hydrogen-bond donors (Lipinski definition) is 3. The zero-order valence-corrected chi connectivity index (χ0v) is 21.2. The summed E-state index contributed by atoms with van der Waals surface area (Å²) in [7, 11) is 0. The molecule has 3 saturated heterocycles. The molecule has 8 nitrogen and oxygen atoms in total. The first-order valence-corrected chi connectivity index (χ1v) is 12.7. The van der Waals surface area contributed by atoms with Crippen molar-refractivity contribution in [3.63, 3.8) is 0 Å². The van der Waals surface area contributed by atoms with Crippen LogP contribution in [0.4, 0.5) is 11.4 Å². The molecule has 35 heavy (non-hydrogen) atoms. The predicted molar refractivity (Wildman–Crippen MR) is 134 cm³/mol. The summed E-state index contributed by atoms with van der Waals surface area (Å²) >= 11 is 9.60. The summed E-state index contributed by atoms with van der Waals surface area (Å²) in [5, 5.41) is 16.2. The lowest BCUT2D eigenvalue weighted by molar-refractivity contribution is -0.142. The molecule has 0 aliphatic carbocycles. The molecule has 0 aromatic heterocycles. The SMILES string of the molecule is C[C@H](CO)N1C(=O)[C@@H]2[C@@H](C(=O)Nc3ccccc3)[C@@H]3OC2(CC3Br)C1C(=O)Nc1ccc(Cl)cc1. The highest BCUT2D eigenvalue weighted by atomic mass is 79.9. The first-order valence-electron chi connectivity index (χ1n) is 11.4. The Morgan fingerprint density at radius 3 is 2.43 bits per heavy atom. The number of halogens is 2. The third-order valence-corrected chi connectivity index (χ3v) is 8.27. The molecule has 2 aromatic rings. The number of para-hydroxylation sites is 1. The van der Waals surface area contributed by atoms with Gasteiger partial charge in [-0.1, -0.05) is 45.7 Å². The third-order valence-electron chi connectivity index (χ3n) is 7.17. The van der Waals surface area contributed by atoms with Gasteiger partial charge in [0.15, 0.2) is 0 Å². The van der Waals surface area contributed by atoms with E-state index in [0.717, 1.165) is 0 Å². The van der Waals surface area contributed by atoms with Gasteiger partial charge in [0.05, 0.1) is 30.6 Å². The van der Waals surface area contributed by atoms with Crippen molar-refractivity contribution in [2.75, 3.05) is 17.2 Å². The Kier molecular flexibility index (Phi) is 6.37. The number of ether oxygens (including phenoxy) is 1. The lowest BCUT2D eigenvalue weighted by Crippen LogP contribution is -2.56. The largest absolute Gasteiger partial charge is 0.394 e. The number of fused-ring (bicyclic) bond motifs is 1. The number of anilines is 2. The van der Waals surface area contributed by atoms with Crippen LogP contribution in [0.15, 0.2) is 54.6 Å². The molecular weight excluding hydrogens is 538 g/mol. The molecule has 0 saturated carbocycles. The molecule has 5 rings (SSSR count). The van der Waals surface area contributed by atoms with E-state index >= 15 is 0 Å². The van der Waals surface area contributed by atoms with Gasteiger partial charge in [0.2, 0.25) is 17.7 Å². The highest BCUT2D eigenvalue weighted by molar-refractivity contribution is 9.09. The first kappa shape index (κ1) is 24.2. The Balaban J connectivity index is 1.50. The number of amides is 3. The van der Waals surface area contributed by atoms with Crippen molar-refractivity contribution in [2.24, 2.45) is 11.8 Å². The van der Waals surface area contributed by atoms with E-state index < -0.39 is 41.5 Å².